The molecule has 0 bridgehead atoms. The van der Waals surface area contributed by atoms with E-state index >= 15 is 0 Å². The van der Waals surface area contributed by atoms with Crippen molar-refractivity contribution in [3.05, 3.63) is 0 Å². The number of aliphatic hydroxyl groups is 4. The molecule has 4 unspecified atom stereocenters. The topological polar surface area (TPSA) is 278 Å². The van der Waals surface area contributed by atoms with Crippen LogP contribution >= 0.6 is 0 Å². The van der Waals surface area contributed by atoms with Crippen molar-refractivity contribution in [3.63, 3.8) is 0 Å². The molecule has 0 saturated heterocycles. The molecule has 32 heavy (non-hydrogen) atoms. The summed E-state index contributed by atoms with van der Waals surface area (Å²) in [6.07, 6.45) is -8.04. The Morgan fingerprint density at radius 2 is 1.41 bits per heavy atom. The van der Waals surface area contributed by atoms with Crippen molar-refractivity contribution < 1.29 is 182 Å². The van der Waals surface area contributed by atoms with Crippen LogP contribution in [0.15, 0.2) is 0 Å². The van der Waals surface area contributed by atoms with E-state index in [1.807, 2.05) is 0 Å². The molecule has 0 heterocycles. The molecule has 0 aliphatic rings. The van der Waals surface area contributed by atoms with Gasteiger partial charge in [-0.3, -0.25) is 0 Å². The maximum absolute atomic E-state index is 11.7. The Kier molecular flexibility index (Phi) is 26.0. The van der Waals surface area contributed by atoms with Gasteiger partial charge in [-0.05, 0) is 0 Å². The minimum absolute atomic E-state index is 0. The first kappa shape index (κ1) is 41.2. The SMILES string of the molecule is O=C([O-])CC(O)(COOCOC(=O)C(O)(CC(=O)[O-])C(O)C(=O)[O-])C(O)CO[O-].[Ca+2].[K+].[K+]. The summed E-state index contributed by atoms with van der Waals surface area (Å²) in [5.41, 5.74) is -6.16. The first-order chi connectivity index (χ1) is 13.3. The molecule has 4 atom stereocenters. The molecule has 0 aromatic carbocycles. The van der Waals surface area contributed by atoms with Crippen LogP contribution in [-0.2, 0) is 38.6 Å². The number of carbonyl (C=O) groups is 4. The molecule has 16 nitrogen and oxygen atoms in total. The fourth-order valence-corrected chi connectivity index (χ4v) is 1.81. The maximum Gasteiger partial charge on any atom is 2.00 e. The number of carboxylic acids is 3. The number of aliphatic carboxylic acids is 3. The largest absolute Gasteiger partial charge is 2.00 e. The molecular weight excluding hydrogens is 530 g/mol. The number of esters is 1. The van der Waals surface area contributed by atoms with Crippen molar-refractivity contribution in [1.82, 2.24) is 0 Å². The van der Waals surface area contributed by atoms with Gasteiger partial charge in [-0.15, -0.1) is 0 Å². The average molecular weight is 547 g/mol. The van der Waals surface area contributed by atoms with E-state index in [0.717, 1.165) is 0 Å². The van der Waals surface area contributed by atoms with Crippen LogP contribution in [0.25, 0.3) is 0 Å². The Labute approximate surface area is 294 Å². The zero-order chi connectivity index (χ0) is 22.8. The number of hydrogen-bond acceptors (Lipinski definition) is 16. The molecule has 0 fully saturated rings. The first-order valence-electron chi connectivity index (χ1n) is 7.38. The summed E-state index contributed by atoms with van der Waals surface area (Å²) < 4.78 is 4.16. The third-order valence-corrected chi connectivity index (χ3v) is 3.37. The van der Waals surface area contributed by atoms with E-state index in [-0.39, 0.29) is 141 Å². The number of ether oxygens (including phenoxy) is 1. The molecule has 0 radical (unpaired) electrons. The van der Waals surface area contributed by atoms with E-state index in [9.17, 15) is 60.2 Å². The van der Waals surface area contributed by atoms with Crippen molar-refractivity contribution in [2.45, 2.75) is 36.3 Å². The molecule has 0 aromatic rings. The molecule has 0 aromatic heterocycles. The third-order valence-electron chi connectivity index (χ3n) is 3.37. The summed E-state index contributed by atoms with van der Waals surface area (Å²) in [7, 11) is 0. The molecular formula is C13H16CaK2O16. The monoisotopic (exact) mass is 546 g/mol. The Bertz CT molecular complexity index is 608. The number of carbonyl (C=O) groups excluding carboxylic acids is 4. The number of carboxylic acid groups (broad SMARTS) is 3. The van der Waals surface area contributed by atoms with Crippen molar-refractivity contribution >= 4 is 61.6 Å². The van der Waals surface area contributed by atoms with E-state index in [2.05, 4.69) is 19.4 Å². The van der Waals surface area contributed by atoms with Crippen molar-refractivity contribution in [2.24, 2.45) is 0 Å². The summed E-state index contributed by atoms with van der Waals surface area (Å²) in [6, 6.07) is 0. The van der Waals surface area contributed by atoms with Gasteiger partial charge in [0.2, 0.25) is 6.79 Å². The number of rotatable bonds is 15. The molecule has 0 aliphatic heterocycles. The van der Waals surface area contributed by atoms with Gasteiger partial charge in [0.05, 0.1) is 12.6 Å². The minimum Gasteiger partial charge on any atom is -0.723 e. The van der Waals surface area contributed by atoms with Gasteiger partial charge in [0.25, 0.3) is 0 Å². The van der Waals surface area contributed by atoms with Gasteiger partial charge in [0, 0.05) is 24.8 Å². The molecule has 0 saturated carbocycles. The van der Waals surface area contributed by atoms with Crippen molar-refractivity contribution in [1.29, 1.82) is 0 Å². The van der Waals surface area contributed by atoms with Gasteiger partial charge in [-0.2, -0.15) is 4.89 Å². The standard InChI is InChI=1S/C13H20O16.Ca.2K/c14-6(3-27-25)12(23,1-7(15)16)4-28-29-5-26-11(22)13(24,2-8(17)18)9(19)10(20)21;;;/h6,9,14,19,23-25H,1-5H2,(H,15,16)(H,17,18)(H,20,21);;;/q;+2;2*+1/p-4. The summed E-state index contributed by atoms with van der Waals surface area (Å²) in [4.78, 5) is 55.2. The van der Waals surface area contributed by atoms with Gasteiger partial charge in [0.1, 0.15) is 24.4 Å². The third kappa shape index (κ3) is 14.6. The van der Waals surface area contributed by atoms with Gasteiger partial charge in [0.15, 0.2) is 5.60 Å². The fourth-order valence-electron chi connectivity index (χ4n) is 1.81. The van der Waals surface area contributed by atoms with Gasteiger partial charge in [-0.1, -0.05) is 0 Å². The van der Waals surface area contributed by atoms with Crippen molar-refractivity contribution in [3.8, 4) is 0 Å². The summed E-state index contributed by atoms with van der Waals surface area (Å²) >= 11 is 0. The second-order valence-corrected chi connectivity index (χ2v) is 5.58. The quantitative estimate of drug-likeness (QED) is 0.0370. The average Bonchev–Trinajstić information content (AvgIpc) is 2.59. The molecule has 0 rings (SSSR count). The molecule has 4 N–H and O–H groups in total. The van der Waals surface area contributed by atoms with E-state index in [0.29, 0.717) is 0 Å². The van der Waals surface area contributed by atoms with E-state index < -0.39 is 80.1 Å². The van der Waals surface area contributed by atoms with Crippen LogP contribution in [0.2, 0.25) is 0 Å². The summed E-state index contributed by atoms with van der Waals surface area (Å²) in [5.74, 6) is -8.42. The van der Waals surface area contributed by atoms with Crippen molar-refractivity contribution in [2.75, 3.05) is 20.0 Å². The van der Waals surface area contributed by atoms with Crippen LogP contribution in [0.1, 0.15) is 12.8 Å². The van der Waals surface area contributed by atoms with E-state index in [1.54, 1.807) is 0 Å². The Morgan fingerprint density at radius 3 is 1.81 bits per heavy atom. The van der Waals surface area contributed by atoms with Crippen LogP contribution in [0.5, 0.6) is 0 Å². The van der Waals surface area contributed by atoms with E-state index in [4.69, 9.17) is 0 Å². The molecule has 168 valence electrons. The van der Waals surface area contributed by atoms with Crippen LogP contribution < -0.4 is 123 Å². The van der Waals surface area contributed by atoms with Gasteiger partial charge >= 0.3 is 146 Å². The summed E-state index contributed by atoms with van der Waals surface area (Å²) in [5, 5.41) is 80.1. The number of aliphatic hydroxyl groups excluding tert-OH is 2. The van der Waals surface area contributed by atoms with Gasteiger partial charge in [-0.25, -0.2) is 9.68 Å². The first-order valence-corrected chi connectivity index (χ1v) is 7.38. The Morgan fingerprint density at radius 1 is 0.906 bits per heavy atom. The Balaban J connectivity index is -0.00000131. The van der Waals surface area contributed by atoms with Gasteiger partial charge < -0.3 is 65.0 Å². The second-order valence-electron chi connectivity index (χ2n) is 5.58. The molecule has 0 amide bonds. The zero-order valence-electron chi connectivity index (χ0n) is 17.1. The minimum atomic E-state index is -3.52. The predicted molar refractivity (Wildman–Crippen MR) is 75.9 cm³/mol. The summed E-state index contributed by atoms with van der Waals surface area (Å²) in [6.45, 7) is -3.50. The van der Waals surface area contributed by atoms with Crippen LogP contribution in [0.4, 0.5) is 0 Å². The maximum atomic E-state index is 11.7. The zero-order valence-corrected chi connectivity index (χ0v) is 25.5. The normalized spacial score (nSPS) is 15.8. The second kappa shape index (κ2) is 20.2. The predicted octanol–water partition coefficient (Wildman–Crippen LogP) is -15.4. The molecule has 19 heteroatoms. The van der Waals surface area contributed by atoms with Crippen LogP contribution in [0, 0.1) is 0 Å². The fraction of sp³-hybridized carbons (Fsp3) is 0.692. The Hall–Kier alpha value is 2.09. The number of hydrogen-bond donors (Lipinski definition) is 4. The van der Waals surface area contributed by atoms with Crippen LogP contribution in [-0.4, -0.2) is 125 Å². The molecule has 0 spiro atoms. The smallest absolute Gasteiger partial charge is 0.723 e. The van der Waals surface area contributed by atoms with E-state index in [1.165, 1.54) is 0 Å². The van der Waals surface area contributed by atoms with Crippen LogP contribution in [0.3, 0.4) is 0 Å². The molecule has 0 aliphatic carbocycles.